The molecule has 7 atom stereocenters. The Hall–Kier alpha value is -5.64. The zero-order valence-electron chi connectivity index (χ0n) is 31.5. The Bertz CT molecular complexity index is 1500. The first kappa shape index (κ1) is 47.4. The van der Waals surface area contributed by atoms with Crippen molar-refractivity contribution >= 4 is 53.3 Å². The van der Waals surface area contributed by atoms with Crippen molar-refractivity contribution in [1.29, 1.82) is 0 Å². The van der Waals surface area contributed by atoms with Crippen LogP contribution in [-0.2, 0) is 49.6 Å². The number of carboxylic acid groups (broad SMARTS) is 2. The van der Waals surface area contributed by atoms with Gasteiger partial charge in [0.2, 0.25) is 41.4 Å². The third-order valence-electron chi connectivity index (χ3n) is 8.20. The number of hydrogen-bond acceptors (Lipinski definition) is 12. The fourth-order valence-electron chi connectivity index (χ4n) is 5.03. The van der Waals surface area contributed by atoms with Crippen molar-refractivity contribution in [1.82, 2.24) is 41.9 Å². The highest BCUT2D eigenvalue weighted by Crippen LogP contribution is 2.09. The molecule has 22 nitrogen and oxygen atoms in total. The number of carbonyl (C=O) groups excluding carboxylic acids is 7. The zero-order chi connectivity index (χ0) is 42.0. The lowest BCUT2D eigenvalue weighted by atomic mass is 9.99. The quantitative estimate of drug-likeness (QED) is 0.0422. The molecule has 0 radical (unpaired) electrons. The van der Waals surface area contributed by atoms with Gasteiger partial charge < -0.3 is 64.3 Å². The maximum Gasteiger partial charge on any atom is 0.326 e. The number of imidazole rings is 1. The van der Waals surface area contributed by atoms with E-state index in [-0.39, 0.29) is 6.42 Å². The molecule has 0 fully saturated rings. The van der Waals surface area contributed by atoms with E-state index in [2.05, 4.69) is 36.6 Å². The highest BCUT2D eigenvalue weighted by molar-refractivity contribution is 5.98. The average molecular weight is 782 g/mol. The van der Waals surface area contributed by atoms with Gasteiger partial charge in [0.05, 0.1) is 25.2 Å². The summed E-state index contributed by atoms with van der Waals surface area (Å²) in [5.41, 5.74) is 17.2. The van der Waals surface area contributed by atoms with Gasteiger partial charge in [-0.3, -0.25) is 38.4 Å². The van der Waals surface area contributed by atoms with Crippen molar-refractivity contribution in [2.24, 2.45) is 29.0 Å². The molecule has 22 heteroatoms. The van der Waals surface area contributed by atoms with Crippen LogP contribution in [0.2, 0.25) is 0 Å². The van der Waals surface area contributed by atoms with Crippen molar-refractivity contribution < 1.29 is 53.4 Å². The molecule has 1 rings (SSSR count). The predicted molar refractivity (Wildman–Crippen MR) is 194 cm³/mol. The first-order valence-corrected chi connectivity index (χ1v) is 17.7. The molecule has 0 bridgehead atoms. The molecule has 0 aliphatic carbocycles. The molecule has 15 N–H and O–H groups in total. The van der Waals surface area contributed by atoms with Gasteiger partial charge in [0.1, 0.15) is 36.3 Å². The number of carbonyl (C=O) groups is 9. The Balaban J connectivity index is 3.09. The molecule has 0 aliphatic heterocycles. The number of aromatic amines is 1. The number of aliphatic carboxylic acids is 2. The minimum Gasteiger partial charge on any atom is -0.481 e. The lowest BCUT2D eigenvalue weighted by molar-refractivity contribution is -0.147. The summed E-state index contributed by atoms with van der Waals surface area (Å²) in [5, 5.41) is 32.6. The summed E-state index contributed by atoms with van der Waals surface area (Å²) in [5.74, 6) is -10.6. The summed E-state index contributed by atoms with van der Waals surface area (Å²) in [6, 6.07) is -9.56. The summed E-state index contributed by atoms with van der Waals surface area (Å²) in [4.78, 5) is 120. The molecule has 55 heavy (non-hydrogen) atoms. The number of nitrogens with two attached hydrogens (primary N) is 3. The van der Waals surface area contributed by atoms with Gasteiger partial charge in [-0.25, -0.2) is 9.78 Å². The number of nitrogens with one attached hydrogen (secondary N) is 7. The van der Waals surface area contributed by atoms with Crippen molar-refractivity contribution in [3.63, 3.8) is 0 Å². The van der Waals surface area contributed by atoms with Crippen LogP contribution in [0.1, 0.15) is 72.4 Å². The highest BCUT2D eigenvalue weighted by Gasteiger charge is 2.35. The van der Waals surface area contributed by atoms with Gasteiger partial charge in [-0.1, -0.05) is 34.1 Å². The summed E-state index contributed by atoms with van der Waals surface area (Å²) in [7, 11) is 0. The minimum atomic E-state index is -1.89. The normalized spacial score (nSPS) is 14.9. The molecule has 308 valence electrons. The molecule has 1 aromatic rings. The van der Waals surface area contributed by atoms with Gasteiger partial charge in [0.25, 0.3) is 0 Å². The molecule has 7 unspecified atom stereocenters. The number of aromatic nitrogens is 2. The average Bonchev–Trinajstić information content (AvgIpc) is 3.60. The number of unbranched alkanes of at least 4 members (excludes halogenated alkanes) is 1. The largest absolute Gasteiger partial charge is 0.481 e. The third-order valence-corrected chi connectivity index (χ3v) is 8.20. The van der Waals surface area contributed by atoms with Gasteiger partial charge in [0.15, 0.2) is 0 Å². The summed E-state index contributed by atoms with van der Waals surface area (Å²) < 4.78 is 0. The predicted octanol–water partition coefficient (Wildman–Crippen LogP) is -3.92. The summed E-state index contributed by atoms with van der Waals surface area (Å²) >= 11 is 0. The first-order chi connectivity index (χ1) is 25.7. The fourth-order valence-corrected chi connectivity index (χ4v) is 5.03. The standard InChI is InChI=1S/C33H55N11O11/c1-15(2)25(31(52)41-21(11-23(36)45)30(51)42-22(33(54)55)12-24(46)47)44-32(53)26(16(3)4)43-27(48)17(5)39-29(50)20(10-18-13-37-14-38-18)40-28(49)19(35)8-6-7-9-34/h13-17,19-22,25-26H,6-12,34-35H2,1-5H3,(H2,36,45)(H,37,38)(H,39,50)(H,40,49)(H,41,52)(H,42,51)(H,43,48)(H,44,53)(H,46,47)(H,54,55). The topological polar surface area (TPSA) is 373 Å². The SMILES string of the molecule is CC(NC(=O)C(Cc1cnc[nH]1)NC(=O)C(N)CCCCN)C(=O)NC(C(=O)NC(C(=O)NC(CC(N)=O)C(=O)NC(CC(=O)O)C(=O)O)C(C)C)C(C)C. The van der Waals surface area contributed by atoms with Crippen LogP contribution in [0.5, 0.6) is 0 Å². The van der Waals surface area contributed by atoms with Gasteiger partial charge in [0, 0.05) is 18.3 Å². The Morgan fingerprint density at radius 3 is 1.71 bits per heavy atom. The van der Waals surface area contributed by atoms with E-state index in [9.17, 15) is 48.3 Å². The third kappa shape index (κ3) is 16.9. The van der Waals surface area contributed by atoms with Crippen molar-refractivity contribution in [3.8, 4) is 0 Å². The lowest BCUT2D eigenvalue weighted by Gasteiger charge is -2.29. The summed E-state index contributed by atoms with van der Waals surface area (Å²) in [6.07, 6.45) is 2.65. The van der Waals surface area contributed by atoms with Crippen molar-refractivity contribution in [2.45, 2.75) is 115 Å². The smallest absolute Gasteiger partial charge is 0.326 e. The van der Waals surface area contributed by atoms with Gasteiger partial charge in [-0.05, 0) is 38.1 Å². The second-order valence-corrected chi connectivity index (χ2v) is 13.7. The first-order valence-electron chi connectivity index (χ1n) is 17.7. The zero-order valence-corrected chi connectivity index (χ0v) is 31.5. The number of hydrogen-bond donors (Lipinski definition) is 12. The number of carboxylic acids is 2. The Labute approximate surface area is 317 Å². The molecular formula is C33H55N11O11. The van der Waals surface area contributed by atoms with E-state index < -0.39 is 120 Å². The molecule has 7 amide bonds. The number of rotatable bonds is 25. The number of amides is 7. The van der Waals surface area contributed by atoms with E-state index in [1.165, 1.54) is 19.4 Å². The van der Waals surface area contributed by atoms with E-state index in [1.54, 1.807) is 27.7 Å². The number of nitrogens with zero attached hydrogens (tertiary/aromatic N) is 1. The second-order valence-electron chi connectivity index (χ2n) is 13.7. The van der Waals surface area contributed by atoms with E-state index >= 15 is 0 Å². The van der Waals surface area contributed by atoms with Crippen LogP contribution >= 0.6 is 0 Å². The maximum atomic E-state index is 13.5. The lowest BCUT2D eigenvalue weighted by Crippen LogP contribution is -2.61. The fraction of sp³-hybridized carbons (Fsp3) is 0.636. The van der Waals surface area contributed by atoms with Crippen molar-refractivity contribution in [3.05, 3.63) is 18.2 Å². The van der Waals surface area contributed by atoms with E-state index in [1.807, 2.05) is 5.32 Å². The highest BCUT2D eigenvalue weighted by atomic mass is 16.4. The number of primary amides is 1. The molecule has 1 aromatic heterocycles. The van der Waals surface area contributed by atoms with Crippen LogP contribution in [0.25, 0.3) is 0 Å². The Kier molecular flexibility index (Phi) is 20.0. The molecule has 1 heterocycles. The molecule has 0 saturated carbocycles. The number of H-pyrrole nitrogens is 1. The Morgan fingerprint density at radius 1 is 0.691 bits per heavy atom. The monoisotopic (exact) mass is 781 g/mol. The molecule has 0 saturated heterocycles. The Morgan fingerprint density at radius 2 is 1.22 bits per heavy atom. The van der Waals surface area contributed by atoms with Crippen LogP contribution in [0.15, 0.2) is 12.5 Å². The minimum absolute atomic E-state index is 0.0124. The van der Waals surface area contributed by atoms with Crippen LogP contribution in [0, 0.1) is 11.8 Å². The van der Waals surface area contributed by atoms with Gasteiger partial charge >= 0.3 is 11.9 Å². The van der Waals surface area contributed by atoms with Crippen molar-refractivity contribution in [2.75, 3.05) is 6.54 Å². The summed E-state index contributed by atoms with van der Waals surface area (Å²) in [6.45, 7) is 8.10. The van der Waals surface area contributed by atoms with E-state index in [0.717, 1.165) is 0 Å². The second kappa shape index (κ2) is 23.2. The molecule has 0 aliphatic rings. The van der Waals surface area contributed by atoms with Crippen LogP contribution in [0.3, 0.4) is 0 Å². The maximum absolute atomic E-state index is 13.5. The molecule has 0 spiro atoms. The van der Waals surface area contributed by atoms with E-state index in [4.69, 9.17) is 22.3 Å². The van der Waals surface area contributed by atoms with Gasteiger partial charge in [-0.15, -0.1) is 0 Å². The van der Waals surface area contributed by atoms with Gasteiger partial charge in [-0.2, -0.15) is 0 Å². The van der Waals surface area contributed by atoms with Crippen LogP contribution in [0.4, 0.5) is 0 Å². The molecule has 0 aromatic carbocycles. The van der Waals surface area contributed by atoms with Crippen LogP contribution in [-0.4, -0.2) is 122 Å². The molecular weight excluding hydrogens is 726 g/mol. The van der Waals surface area contributed by atoms with E-state index in [0.29, 0.717) is 31.5 Å². The van der Waals surface area contributed by atoms with Crippen LogP contribution < -0.4 is 49.1 Å².